The number of aromatic hydroxyl groups is 1. The number of fused-ring (bicyclic) bond motifs is 3. The van der Waals surface area contributed by atoms with Gasteiger partial charge in [-0.3, -0.25) is 0 Å². The Morgan fingerprint density at radius 2 is 1.74 bits per heavy atom. The first-order valence-electron chi connectivity index (χ1n) is 8.21. The fourth-order valence-electron chi connectivity index (χ4n) is 2.91. The quantitative estimate of drug-likeness (QED) is 0.389. The number of aryl methyl sites for hydroxylation is 3. The maximum atomic E-state index is 10.5. The third kappa shape index (κ3) is 3.95. The third-order valence-corrected chi connectivity index (χ3v) is 6.47. The third-order valence-electron chi connectivity index (χ3n) is 4.37. The summed E-state index contributed by atoms with van der Waals surface area (Å²) < 4.78 is 35.3. The normalized spacial score (nSPS) is 11.4. The maximum absolute atomic E-state index is 10.5. The van der Waals surface area contributed by atoms with E-state index in [4.69, 9.17) is 5.11 Å². The molecule has 1 N–H and O–H groups in total. The molecule has 1 aromatic heterocycles. The smallest absolute Gasteiger partial charge is 0.234 e. The molecule has 0 saturated heterocycles. The molecule has 0 aliphatic carbocycles. The molecule has 3 aromatic carbocycles. The topological polar surface area (TPSA) is 81.3 Å². The van der Waals surface area contributed by atoms with Gasteiger partial charge in [-0.2, -0.15) is 4.57 Å². The van der Waals surface area contributed by atoms with Gasteiger partial charge in [0, 0.05) is 6.92 Å². The molecule has 0 unspecified atom stereocenters. The fourth-order valence-corrected chi connectivity index (χ4v) is 4.66. The number of hydrogen-bond acceptors (Lipinski definition) is 5. The molecule has 0 atom stereocenters. The molecule has 1 heterocycles. The predicted molar refractivity (Wildman–Crippen MR) is 106 cm³/mol. The van der Waals surface area contributed by atoms with E-state index < -0.39 is 10.1 Å². The Morgan fingerprint density at radius 3 is 2.41 bits per heavy atom. The van der Waals surface area contributed by atoms with E-state index in [1.807, 2.05) is 11.3 Å². The molecule has 140 valence electrons. The largest absolute Gasteiger partial charge is 0.744 e. The van der Waals surface area contributed by atoms with E-state index in [2.05, 4.69) is 54.9 Å². The number of thiazole rings is 1. The number of rotatable bonds is 1. The van der Waals surface area contributed by atoms with Crippen molar-refractivity contribution < 1.29 is 22.6 Å². The van der Waals surface area contributed by atoms with Gasteiger partial charge in [0.25, 0.3) is 0 Å². The van der Waals surface area contributed by atoms with Crippen LogP contribution >= 0.6 is 11.3 Å². The number of benzene rings is 3. The van der Waals surface area contributed by atoms with E-state index in [0.29, 0.717) is 5.56 Å². The lowest BCUT2D eigenvalue weighted by Crippen LogP contribution is -2.28. The first kappa shape index (κ1) is 19.3. The van der Waals surface area contributed by atoms with E-state index >= 15 is 0 Å². The Balaban J connectivity index is 0.000000161. The Hall–Kier alpha value is -2.48. The van der Waals surface area contributed by atoms with Crippen LogP contribution in [0.2, 0.25) is 0 Å². The second kappa shape index (κ2) is 7.26. The number of aromatic nitrogens is 1. The van der Waals surface area contributed by atoms with Gasteiger partial charge in [-0.25, -0.2) is 8.42 Å². The zero-order chi connectivity index (χ0) is 19.8. The molecule has 27 heavy (non-hydrogen) atoms. The highest BCUT2D eigenvalue weighted by atomic mass is 32.2. The van der Waals surface area contributed by atoms with Gasteiger partial charge in [-0.1, -0.05) is 41.7 Å². The molecular weight excluding hydrogens is 382 g/mol. The van der Waals surface area contributed by atoms with E-state index in [9.17, 15) is 13.0 Å². The van der Waals surface area contributed by atoms with Gasteiger partial charge in [0.2, 0.25) is 10.5 Å². The number of phenolic OH excluding ortho intramolecular Hbond substituents is 1. The molecular formula is C20H19NO4S2. The number of hydrogen-bond donors (Lipinski definition) is 1. The summed E-state index contributed by atoms with van der Waals surface area (Å²) in [5.41, 5.74) is 1.69. The van der Waals surface area contributed by atoms with Crippen LogP contribution < -0.4 is 4.57 Å². The molecule has 7 heteroatoms. The van der Waals surface area contributed by atoms with Crippen molar-refractivity contribution in [2.75, 3.05) is 0 Å². The van der Waals surface area contributed by atoms with E-state index in [1.165, 1.54) is 45.1 Å². The summed E-state index contributed by atoms with van der Waals surface area (Å²) in [5, 5.41) is 12.9. The summed E-state index contributed by atoms with van der Waals surface area (Å²) in [5.74, 6) is -0.227. The van der Waals surface area contributed by atoms with Crippen LogP contribution in [0.25, 0.3) is 21.0 Å². The highest BCUT2D eigenvalue weighted by molar-refractivity contribution is 7.85. The Labute approximate surface area is 161 Å². The molecule has 0 bridgehead atoms. The van der Waals surface area contributed by atoms with Crippen molar-refractivity contribution in [3.63, 3.8) is 0 Å². The first-order chi connectivity index (χ1) is 12.7. The standard InChI is InChI=1S/C13H12NS.C7H8O4S/c1-9-14(2)13-11-6-4-3-5-10(11)7-8-12(13)15-9;1-5-2-3-6(8)4-7(5)12(9,10)11/h3-8H,1-2H3;2-4,8H,1H3,(H,9,10,11)/q+1;/p-1. The summed E-state index contributed by atoms with van der Waals surface area (Å²) in [4.78, 5) is -0.373. The molecule has 0 radical (unpaired) electrons. The highest BCUT2D eigenvalue weighted by Gasteiger charge is 2.15. The minimum absolute atomic E-state index is 0.227. The summed E-state index contributed by atoms with van der Waals surface area (Å²) >= 11 is 1.86. The second-order valence-corrected chi connectivity index (χ2v) is 8.80. The molecule has 0 spiro atoms. The van der Waals surface area contributed by atoms with Crippen LogP contribution in [0.15, 0.2) is 59.5 Å². The van der Waals surface area contributed by atoms with Gasteiger partial charge >= 0.3 is 0 Å². The van der Waals surface area contributed by atoms with Crippen LogP contribution in [0, 0.1) is 13.8 Å². The first-order valence-corrected chi connectivity index (χ1v) is 10.4. The van der Waals surface area contributed by atoms with Crippen molar-refractivity contribution in [2.45, 2.75) is 18.7 Å². The highest BCUT2D eigenvalue weighted by Crippen LogP contribution is 2.27. The van der Waals surface area contributed by atoms with Crippen LogP contribution in [0.3, 0.4) is 0 Å². The van der Waals surface area contributed by atoms with E-state index in [0.717, 1.165) is 6.07 Å². The van der Waals surface area contributed by atoms with Crippen LogP contribution in [0.4, 0.5) is 0 Å². The summed E-state index contributed by atoms with van der Waals surface area (Å²) in [7, 11) is -2.33. The molecule has 0 fully saturated rings. The van der Waals surface area contributed by atoms with Gasteiger partial charge in [0.1, 0.15) is 27.6 Å². The fraction of sp³-hybridized carbons (Fsp3) is 0.150. The van der Waals surface area contributed by atoms with Gasteiger partial charge in [-0.05, 0) is 42.1 Å². The Kier molecular flexibility index (Phi) is 5.19. The average molecular weight is 402 g/mol. The van der Waals surface area contributed by atoms with E-state index in [-0.39, 0.29) is 10.6 Å². The monoisotopic (exact) mass is 401 g/mol. The number of nitrogens with zero attached hydrogens (tertiary/aromatic N) is 1. The minimum Gasteiger partial charge on any atom is -0.744 e. The number of phenols is 1. The van der Waals surface area contributed by atoms with Crippen LogP contribution in [-0.2, 0) is 17.2 Å². The molecule has 0 aliphatic heterocycles. The van der Waals surface area contributed by atoms with Gasteiger partial charge in [-0.15, -0.1) is 0 Å². The summed E-state index contributed by atoms with van der Waals surface area (Å²) in [6.07, 6.45) is 0. The second-order valence-electron chi connectivity index (χ2n) is 6.22. The minimum atomic E-state index is -4.47. The molecule has 5 nitrogen and oxygen atoms in total. The lowest BCUT2D eigenvalue weighted by Gasteiger charge is -2.09. The van der Waals surface area contributed by atoms with Crippen molar-refractivity contribution >= 4 is 42.4 Å². The molecule has 0 saturated carbocycles. The van der Waals surface area contributed by atoms with Crippen molar-refractivity contribution in [1.82, 2.24) is 0 Å². The Morgan fingerprint density at radius 1 is 1.04 bits per heavy atom. The maximum Gasteiger partial charge on any atom is 0.234 e. The van der Waals surface area contributed by atoms with Crippen molar-refractivity contribution in [2.24, 2.45) is 7.05 Å². The Bertz CT molecular complexity index is 1240. The van der Waals surface area contributed by atoms with Crippen molar-refractivity contribution in [3.8, 4) is 5.75 Å². The summed E-state index contributed by atoms with van der Waals surface area (Å²) in [6, 6.07) is 16.6. The molecule has 0 aliphatic rings. The van der Waals surface area contributed by atoms with Gasteiger partial charge in [0.05, 0.1) is 10.3 Å². The van der Waals surface area contributed by atoms with Crippen molar-refractivity contribution in [1.29, 1.82) is 0 Å². The van der Waals surface area contributed by atoms with Gasteiger partial charge in [0.15, 0.2) is 0 Å². The lowest BCUT2D eigenvalue weighted by atomic mass is 10.1. The SMILES string of the molecule is Cc1ccc(O)cc1S(=O)(=O)[O-].Cc1sc2ccc3ccccc3c2[n+]1C. The summed E-state index contributed by atoms with van der Waals surface area (Å²) in [6.45, 7) is 3.66. The molecule has 0 amide bonds. The lowest BCUT2D eigenvalue weighted by molar-refractivity contribution is -0.645. The zero-order valence-electron chi connectivity index (χ0n) is 15.1. The van der Waals surface area contributed by atoms with Crippen LogP contribution in [-0.4, -0.2) is 18.1 Å². The average Bonchev–Trinajstić information content (AvgIpc) is 2.91. The van der Waals surface area contributed by atoms with E-state index in [1.54, 1.807) is 0 Å². The molecule has 4 rings (SSSR count). The van der Waals surface area contributed by atoms with Gasteiger partial charge < -0.3 is 9.66 Å². The molecule has 4 aromatic rings. The van der Waals surface area contributed by atoms with Crippen LogP contribution in [0.5, 0.6) is 5.75 Å². The zero-order valence-corrected chi connectivity index (χ0v) is 16.8. The predicted octanol–water partition coefficient (Wildman–Crippen LogP) is 3.79. The van der Waals surface area contributed by atoms with Crippen molar-refractivity contribution in [3.05, 3.63) is 65.2 Å². The van der Waals surface area contributed by atoms with Crippen LogP contribution in [0.1, 0.15) is 10.6 Å².